The van der Waals surface area contributed by atoms with E-state index in [4.69, 9.17) is 5.11 Å². The Labute approximate surface area is 107 Å². The van der Waals surface area contributed by atoms with Crippen LogP contribution >= 0.6 is 0 Å². The number of carbonyl (C=O) groups excluding carboxylic acids is 1. The molecule has 0 aliphatic carbocycles. The summed E-state index contributed by atoms with van der Waals surface area (Å²) in [5.41, 5.74) is 2.15. The van der Waals surface area contributed by atoms with E-state index in [1.54, 1.807) is 4.90 Å². The molecule has 1 aromatic heterocycles. The summed E-state index contributed by atoms with van der Waals surface area (Å²) in [5.74, 6) is 0.417. The predicted molar refractivity (Wildman–Crippen MR) is 68.3 cm³/mol. The van der Waals surface area contributed by atoms with E-state index in [1.807, 2.05) is 11.6 Å². The van der Waals surface area contributed by atoms with Gasteiger partial charge in [0.15, 0.2) is 0 Å². The second-order valence-electron chi connectivity index (χ2n) is 5.24. The lowest BCUT2D eigenvalue weighted by Gasteiger charge is -2.26. The summed E-state index contributed by atoms with van der Waals surface area (Å²) in [6.07, 6.45) is 0.801. The molecule has 2 rings (SSSR count). The van der Waals surface area contributed by atoms with Crippen molar-refractivity contribution < 1.29 is 9.90 Å². The number of hydrogen-bond acceptors (Lipinski definition) is 3. The van der Waals surface area contributed by atoms with Gasteiger partial charge < -0.3 is 10.0 Å². The lowest BCUT2D eigenvalue weighted by atomic mass is 10.1. The zero-order chi connectivity index (χ0) is 13.3. The molecule has 100 valence electrons. The van der Waals surface area contributed by atoms with Crippen molar-refractivity contribution in [1.29, 1.82) is 0 Å². The summed E-state index contributed by atoms with van der Waals surface area (Å²) >= 11 is 0. The second-order valence-corrected chi connectivity index (χ2v) is 5.24. The molecule has 0 aromatic carbocycles. The predicted octanol–water partition coefficient (Wildman–Crippen LogP) is 0.772. The van der Waals surface area contributed by atoms with Gasteiger partial charge in [-0.3, -0.25) is 9.48 Å². The molecule has 1 atom stereocenters. The molecule has 0 saturated carbocycles. The van der Waals surface area contributed by atoms with E-state index < -0.39 is 0 Å². The lowest BCUT2D eigenvalue weighted by Crippen LogP contribution is -2.42. The van der Waals surface area contributed by atoms with Gasteiger partial charge in [0.2, 0.25) is 5.91 Å². The number of nitrogens with zero attached hydrogens (tertiary/aromatic N) is 3. The Hall–Kier alpha value is -1.36. The Morgan fingerprint density at radius 1 is 1.44 bits per heavy atom. The summed E-state index contributed by atoms with van der Waals surface area (Å²) in [4.78, 5) is 13.9. The highest BCUT2D eigenvalue weighted by molar-refractivity contribution is 5.76. The lowest BCUT2D eigenvalue weighted by molar-refractivity contribution is -0.134. The van der Waals surface area contributed by atoms with Gasteiger partial charge in [0.1, 0.15) is 6.54 Å². The van der Waals surface area contributed by atoms with Crippen LogP contribution in [0.25, 0.3) is 0 Å². The van der Waals surface area contributed by atoms with Crippen LogP contribution in [0, 0.1) is 0 Å². The van der Waals surface area contributed by atoms with Crippen molar-refractivity contribution in [3.05, 3.63) is 17.5 Å². The number of aromatic nitrogens is 2. The molecule has 1 aliphatic heterocycles. The van der Waals surface area contributed by atoms with Crippen molar-refractivity contribution >= 4 is 5.91 Å². The fraction of sp³-hybridized carbons (Fsp3) is 0.692. The number of hydrogen-bond donors (Lipinski definition) is 1. The average Bonchev–Trinajstić information content (AvgIpc) is 2.66. The Kier molecular flexibility index (Phi) is 3.71. The Morgan fingerprint density at radius 3 is 2.78 bits per heavy atom. The first-order chi connectivity index (χ1) is 8.52. The van der Waals surface area contributed by atoms with E-state index in [-0.39, 0.29) is 25.1 Å². The smallest absolute Gasteiger partial charge is 0.244 e. The molecule has 2 heterocycles. The highest BCUT2D eigenvalue weighted by Gasteiger charge is 2.25. The quantitative estimate of drug-likeness (QED) is 0.863. The van der Waals surface area contributed by atoms with Crippen LogP contribution in [0.1, 0.15) is 38.1 Å². The molecule has 18 heavy (non-hydrogen) atoms. The number of amides is 1. The molecule has 0 saturated heterocycles. The number of fused-ring (bicyclic) bond motifs is 1. The van der Waals surface area contributed by atoms with Gasteiger partial charge in [-0.15, -0.1) is 0 Å². The Bertz CT molecular complexity index is 439. The average molecular weight is 251 g/mol. The fourth-order valence-electron chi connectivity index (χ4n) is 2.24. The van der Waals surface area contributed by atoms with Gasteiger partial charge in [0, 0.05) is 18.7 Å². The molecule has 0 bridgehead atoms. The minimum absolute atomic E-state index is 0.00526. The number of rotatable bonds is 3. The van der Waals surface area contributed by atoms with Gasteiger partial charge in [-0.25, -0.2) is 0 Å². The first-order valence-electron chi connectivity index (χ1n) is 6.50. The van der Waals surface area contributed by atoms with Gasteiger partial charge in [0.25, 0.3) is 0 Å². The normalized spacial score (nSPS) is 17.8. The summed E-state index contributed by atoms with van der Waals surface area (Å²) < 4.78 is 1.81. The van der Waals surface area contributed by atoms with Crippen molar-refractivity contribution in [1.82, 2.24) is 14.7 Å². The molecular formula is C13H21N3O2. The molecule has 0 spiro atoms. The standard InChI is InChI=1S/C13H21N3O2/c1-9(2)12-6-11-4-5-15(10(3)8-17)13(18)7-16(11)14-12/h6,9-10,17H,4-5,7-8H2,1-3H3. The Balaban J connectivity index is 2.20. The van der Waals surface area contributed by atoms with Crippen LogP contribution in [0.5, 0.6) is 0 Å². The third-order valence-corrected chi connectivity index (χ3v) is 3.48. The highest BCUT2D eigenvalue weighted by Crippen LogP contribution is 2.18. The number of aliphatic hydroxyl groups is 1. The molecule has 1 amide bonds. The van der Waals surface area contributed by atoms with Gasteiger partial charge in [0.05, 0.1) is 18.3 Å². The second kappa shape index (κ2) is 5.10. The van der Waals surface area contributed by atoms with E-state index in [9.17, 15) is 4.79 Å². The van der Waals surface area contributed by atoms with E-state index in [0.29, 0.717) is 12.5 Å². The largest absolute Gasteiger partial charge is 0.394 e. The summed E-state index contributed by atoms with van der Waals surface area (Å²) in [5, 5.41) is 13.7. The monoisotopic (exact) mass is 251 g/mol. The maximum Gasteiger partial charge on any atom is 0.244 e. The SMILES string of the molecule is CC(C)c1cc2n(n1)CC(=O)N(C(C)CO)CC2. The molecule has 5 heteroatoms. The summed E-state index contributed by atoms with van der Waals surface area (Å²) in [6, 6.07) is 1.97. The maximum absolute atomic E-state index is 12.1. The minimum atomic E-state index is -0.119. The molecule has 1 aromatic rings. The molecule has 5 nitrogen and oxygen atoms in total. The third-order valence-electron chi connectivity index (χ3n) is 3.48. The first kappa shape index (κ1) is 13.1. The zero-order valence-electron chi connectivity index (χ0n) is 11.3. The van der Waals surface area contributed by atoms with Gasteiger partial charge in [-0.05, 0) is 18.9 Å². The van der Waals surface area contributed by atoms with E-state index >= 15 is 0 Å². The minimum Gasteiger partial charge on any atom is -0.394 e. The zero-order valence-corrected chi connectivity index (χ0v) is 11.3. The molecule has 1 unspecified atom stereocenters. The van der Waals surface area contributed by atoms with Crippen LogP contribution in [-0.4, -0.2) is 44.9 Å². The highest BCUT2D eigenvalue weighted by atomic mass is 16.3. The fourth-order valence-corrected chi connectivity index (χ4v) is 2.24. The van der Waals surface area contributed by atoms with E-state index in [0.717, 1.165) is 17.8 Å². The molecule has 0 radical (unpaired) electrons. The number of aliphatic hydroxyl groups excluding tert-OH is 1. The maximum atomic E-state index is 12.1. The van der Waals surface area contributed by atoms with Gasteiger partial charge in [-0.2, -0.15) is 5.10 Å². The van der Waals surface area contributed by atoms with Crippen molar-refractivity contribution in [3.63, 3.8) is 0 Å². The van der Waals surface area contributed by atoms with E-state index in [1.165, 1.54) is 0 Å². The van der Waals surface area contributed by atoms with Gasteiger partial charge in [-0.1, -0.05) is 13.8 Å². The summed E-state index contributed by atoms with van der Waals surface area (Å²) in [6.45, 7) is 7.02. The first-order valence-corrected chi connectivity index (χ1v) is 6.50. The van der Waals surface area contributed by atoms with Crippen LogP contribution in [0.15, 0.2) is 6.07 Å². The van der Waals surface area contributed by atoms with Crippen LogP contribution in [0.3, 0.4) is 0 Å². The van der Waals surface area contributed by atoms with Crippen molar-refractivity contribution in [3.8, 4) is 0 Å². The van der Waals surface area contributed by atoms with Crippen LogP contribution < -0.4 is 0 Å². The van der Waals surface area contributed by atoms with Crippen LogP contribution in [-0.2, 0) is 17.8 Å². The molecular weight excluding hydrogens is 230 g/mol. The van der Waals surface area contributed by atoms with Crippen molar-refractivity contribution in [2.75, 3.05) is 13.2 Å². The number of carbonyl (C=O) groups is 1. The third kappa shape index (κ3) is 2.41. The topological polar surface area (TPSA) is 58.4 Å². The molecule has 0 fully saturated rings. The van der Waals surface area contributed by atoms with Crippen LogP contribution in [0.2, 0.25) is 0 Å². The molecule has 1 aliphatic rings. The Morgan fingerprint density at radius 2 is 2.17 bits per heavy atom. The van der Waals surface area contributed by atoms with Crippen molar-refractivity contribution in [2.24, 2.45) is 0 Å². The summed E-state index contributed by atoms with van der Waals surface area (Å²) in [7, 11) is 0. The van der Waals surface area contributed by atoms with Gasteiger partial charge >= 0.3 is 0 Å². The van der Waals surface area contributed by atoms with Crippen LogP contribution in [0.4, 0.5) is 0 Å². The van der Waals surface area contributed by atoms with Crippen molar-refractivity contribution in [2.45, 2.75) is 45.7 Å². The molecule has 1 N–H and O–H groups in total. The van der Waals surface area contributed by atoms with E-state index in [2.05, 4.69) is 25.0 Å².